The Hall–Kier alpha value is -9.98. The Bertz CT molecular complexity index is 4400. The van der Waals surface area contributed by atoms with Gasteiger partial charge in [-0.05, 0) is 127 Å². The number of hydrogen-bond donors (Lipinski definition) is 0. The molecule has 0 atom stereocenters. The Labute approximate surface area is 480 Å². The van der Waals surface area contributed by atoms with Gasteiger partial charge in [0.25, 0.3) is 0 Å². The molecule has 82 heavy (non-hydrogen) atoms. The second-order valence-corrected chi connectivity index (χ2v) is 26.7. The topological polar surface area (TPSA) is 35.6 Å². The summed E-state index contributed by atoms with van der Waals surface area (Å²) >= 11 is 0. The van der Waals surface area contributed by atoms with Gasteiger partial charge in [-0.2, -0.15) is 0 Å². The zero-order chi connectivity index (χ0) is 54.5. The summed E-state index contributed by atoms with van der Waals surface area (Å²) in [4.78, 5) is 21.6. The second kappa shape index (κ2) is 20.6. The van der Waals surface area contributed by atoms with Crippen LogP contribution in [0.2, 0.25) is 0 Å². The average molecular weight is 1090 g/mol. The van der Waals surface area contributed by atoms with Crippen molar-refractivity contribution < 1.29 is 0 Å². The molecule has 0 bridgehead atoms. The van der Waals surface area contributed by atoms with Crippen LogP contribution in [0, 0.1) is 0 Å². The maximum absolute atomic E-state index is 5.84. The molecule has 0 unspecified atom stereocenters. The zero-order valence-corrected chi connectivity index (χ0v) is 46.4. The summed E-state index contributed by atoms with van der Waals surface area (Å²) in [5.41, 5.74) is 8.32. The molecule has 0 amide bonds. The third-order valence-electron chi connectivity index (χ3n) is 15.9. The number of para-hydroxylation sites is 3. The first kappa shape index (κ1) is 49.1. The lowest BCUT2D eigenvalue weighted by molar-refractivity contribution is 1.05. The van der Waals surface area contributed by atoms with Gasteiger partial charge in [0.1, 0.15) is 5.82 Å². The van der Waals surface area contributed by atoms with Crippen molar-refractivity contribution in [2.24, 2.45) is 0 Å². The Morgan fingerprint density at radius 2 is 0.646 bits per heavy atom. The van der Waals surface area contributed by atoms with Crippen LogP contribution in [0.15, 0.2) is 367 Å². The lowest BCUT2D eigenvalue weighted by atomic mass is 10.1. The summed E-state index contributed by atoms with van der Waals surface area (Å²) in [6, 6.07) is 120. The molecular formula is C76H54N4S2. The van der Waals surface area contributed by atoms with Gasteiger partial charge in [-0.1, -0.05) is 194 Å². The number of aromatic nitrogens is 4. The molecule has 0 saturated heterocycles. The minimum absolute atomic E-state index is 0.639. The van der Waals surface area contributed by atoms with Crippen molar-refractivity contribution in [1.82, 2.24) is 19.1 Å². The molecule has 390 valence electrons. The lowest BCUT2D eigenvalue weighted by Gasteiger charge is -2.42. The largest absolute Gasteiger partial charge is 0.309 e. The molecule has 3 aromatic heterocycles. The summed E-state index contributed by atoms with van der Waals surface area (Å²) < 4.78 is 4.82. The van der Waals surface area contributed by atoms with Gasteiger partial charge >= 0.3 is 0 Å². The van der Waals surface area contributed by atoms with E-state index < -0.39 is 20.1 Å². The van der Waals surface area contributed by atoms with Gasteiger partial charge in [0.05, 0.1) is 27.8 Å². The summed E-state index contributed by atoms with van der Waals surface area (Å²) in [6.07, 6.45) is 0. The van der Waals surface area contributed by atoms with Gasteiger partial charge < -0.3 is 4.57 Å². The van der Waals surface area contributed by atoms with Gasteiger partial charge in [-0.15, -0.1) is 20.1 Å². The molecule has 0 aliphatic heterocycles. The first-order valence-electron chi connectivity index (χ1n) is 27.8. The van der Waals surface area contributed by atoms with E-state index in [2.05, 4.69) is 337 Å². The standard InChI is InChI=1S/C76H54N4S2/c1-8-30-57(31-9-1)79-71-49-25-23-47-68(71)74-72(79)51-50-67-66-46-22-24-48-70(66)80(75(67)74)73-54-69(55-28-26-44-64(52-55)81(58-32-10-2-11-33-58,59-34-12-3-13-35-59)60-36-14-4-15-37-60)77-76(78-73)56-29-27-45-65(53-56)82(61-38-16-5-17-39-61,62-40-18-6-19-41-62)63-42-20-7-21-43-63/h1-54H. The van der Waals surface area contributed by atoms with Crippen molar-refractivity contribution in [3.63, 3.8) is 0 Å². The van der Waals surface area contributed by atoms with Gasteiger partial charge in [-0.3, -0.25) is 4.57 Å². The summed E-state index contributed by atoms with van der Waals surface area (Å²) in [5, 5.41) is 4.66. The van der Waals surface area contributed by atoms with Crippen LogP contribution in [0.3, 0.4) is 0 Å². The van der Waals surface area contributed by atoms with Gasteiger partial charge in [0.2, 0.25) is 0 Å². The zero-order valence-electron chi connectivity index (χ0n) is 44.8. The Balaban J connectivity index is 1.04. The van der Waals surface area contributed by atoms with Crippen molar-refractivity contribution >= 4 is 63.7 Å². The first-order chi connectivity index (χ1) is 40.7. The van der Waals surface area contributed by atoms with E-state index in [1.165, 1.54) is 49.9 Å². The summed E-state index contributed by atoms with van der Waals surface area (Å²) in [5.74, 6) is 1.42. The molecule has 6 heteroatoms. The van der Waals surface area contributed by atoms with Crippen LogP contribution >= 0.6 is 20.1 Å². The van der Waals surface area contributed by atoms with Crippen molar-refractivity contribution in [1.29, 1.82) is 0 Å². The van der Waals surface area contributed by atoms with Crippen molar-refractivity contribution in [2.45, 2.75) is 39.2 Å². The second-order valence-electron chi connectivity index (χ2n) is 20.5. The fourth-order valence-corrected chi connectivity index (χ4v) is 20.3. The fourth-order valence-electron chi connectivity index (χ4n) is 12.5. The molecule has 0 aliphatic rings. The van der Waals surface area contributed by atoms with E-state index in [0.717, 1.165) is 61.2 Å². The molecule has 0 spiro atoms. The van der Waals surface area contributed by atoms with Gasteiger partial charge in [0, 0.05) is 83.6 Å². The maximum Gasteiger partial charge on any atom is 0.162 e. The van der Waals surface area contributed by atoms with E-state index in [9.17, 15) is 0 Å². The van der Waals surface area contributed by atoms with Gasteiger partial charge in [-0.25, -0.2) is 9.97 Å². The van der Waals surface area contributed by atoms with Crippen LogP contribution in [-0.4, -0.2) is 19.1 Å². The van der Waals surface area contributed by atoms with E-state index in [1.54, 1.807) is 0 Å². The normalized spacial score (nSPS) is 12.3. The van der Waals surface area contributed by atoms with Crippen LogP contribution in [0.1, 0.15) is 0 Å². The highest BCUT2D eigenvalue weighted by Gasteiger charge is 2.35. The lowest BCUT2D eigenvalue weighted by Crippen LogP contribution is -2.06. The van der Waals surface area contributed by atoms with Crippen LogP contribution in [0.25, 0.3) is 77.8 Å². The fraction of sp³-hybridized carbons (Fsp3) is 0. The van der Waals surface area contributed by atoms with Crippen LogP contribution in [0.5, 0.6) is 0 Å². The molecule has 0 N–H and O–H groups in total. The maximum atomic E-state index is 5.84. The van der Waals surface area contributed by atoms with Gasteiger partial charge in [0.15, 0.2) is 5.82 Å². The third-order valence-corrected chi connectivity index (χ3v) is 23.7. The minimum Gasteiger partial charge on any atom is -0.309 e. The SMILES string of the molecule is c1ccc(-n2c3ccccc3c3c2ccc2c4ccccc4n(-c4cc(-c5cccc(S(c6ccccc6)(c6ccccc6)c6ccccc6)c5)nc(-c5cccc(S(c6ccccc6)(c6ccccc6)c6ccccc6)c5)n4)c23)cc1. The van der Waals surface area contributed by atoms with E-state index in [4.69, 9.17) is 9.97 Å². The number of nitrogens with zero attached hydrogens (tertiary/aromatic N) is 4. The quantitative estimate of drug-likeness (QED) is 0.122. The van der Waals surface area contributed by atoms with E-state index in [1.807, 2.05) is 0 Å². The van der Waals surface area contributed by atoms with Crippen LogP contribution in [0.4, 0.5) is 0 Å². The molecular weight excluding hydrogens is 1030 g/mol. The first-order valence-corrected chi connectivity index (χ1v) is 31.0. The van der Waals surface area contributed by atoms with Crippen molar-refractivity contribution in [2.75, 3.05) is 0 Å². The van der Waals surface area contributed by atoms with Crippen molar-refractivity contribution in [3.8, 4) is 34.2 Å². The number of benzene rings is 12. The van der Waals surface area contributed by atoms with Crippen LogP contribution < -0.4 is 0 Å². The van der Waals surface area contributed by atoms with E-state index >= 15 is 0 Å². The monoisotopic (exact) mass is 1090 g/mol. The molecule has 3 heterocycles. The number of fused-ring (bicyclic) bond motifs is 7. The molecule has 0 fully saturated rings. The Morgan fingerprint density at radius 3 is 1.13 bits per heavy atom. The molecule has 15 aromatic rings. The van der Waals surface area contributed by atoms with E-state index in [0.29, 0.717) is 5.82 Å². The molecule has 15 rings (SSSR count). The number of rotatable bonds is 12. The molecule has 12 aromatic carbocycles. The average Bonchev–Trinajstić information content (AvgIpc) is 3.18. The van der Waals surface area contributed by atoms with Crippen molar-refractivity contribution in [3.05, 3.63) is 328 Å². The Kier molecular flexibility index (Phi) is 12.3. The number of hydrogen-bond acceptors (Lipinski definition) is 2. The molecule has 0 radical (unpaired) electrons. The highest BCUT2D eigenvalue weighted by atomic mass is 32.3. The molecule has 0 saturated carbocycles. The highest BCUT2D eigenvalue weighted by molar-refractivity contribution is 8.34. The smallest absolute Gasteiger partial charge is 0.162 e. The Morgan fingerprint density at radius 1 is 0.256 bits per heavy atom. The van der Waals surface area contributed by atoms with Crippen LogP contribution in [-0.2, 0) is 0 Å². The minimum atomic E-state index is -2.04. The third kappa shape index (κ3) is 7.94. The molecule has 0 aliphatic carbocycles. The predicted molar refractivity (Wildman–Crippen MR) is 342 cm³/mol. The predicted octanol–water partition coefficient (Wildman–Crippen LogP) is 20.7. The highest BCUT2D eigenvalue weighted by Crippen LogP contribution is 2.75. The van der Waals surface area contributed by atoms with E-state index in [-0.39, 0.29) is 0 Å². The molecule has 4 nitrogen and oxygen atoms in total. The summed E-state index contributed by atoms with van der Waals surface area (Å²) in [7, 11) is -4.07. The summed E-state index contributed by atoms with van der Waals surface area (Å²) in [6.45, 7) is 0.